The van der Waals surface area contributed by atoms with Crippen LogP contribution in [0, 0.1) is 12.7 Å². The second kappa shape index (κ2) is 13.9. The van der Waals surface area contributed by atoms with Gasteiger partial charge in [0.25, 0.3) is 5.91 Å². The predicted octanol–water partition coefficient (Wildman–Crippen LogP) is 5.43. The van der Waals surface area contributed by atoms with Crippen LogP contribution >= 0.6 is 0 Å². The minimum atomic E-state index is -5.08. The lowest BCUT2D eigenvalue weighted by Crippen LogP contribution is -2.30. The average molecular weight is 562 g/mol. The van der Waals surface area contributed by atoms with E-state index in [0.717, 1.165) is 56.8 Å². The number of amides is 1. The van der Waals surface area contributed by atoms with Gasteiger partial charge in [-0.3, -0.25) is 14.6 Å². The minimum absolute atomic E-state index is 0.248. The lowest BCUT2D eigenvalue weighted by atomic mass is 10.1. The zero-order valence-electron chi connectivity index (χ0n) is 21.9. The van der Waals surface area contributed by atoms with Gasteiger partial charge in [0, 0.05) is 37.4 Å². The molecule has 40 heavy (non-hydrogen) atoms. The van der Waals surface area contributed by atoms with Gasteiger partial charge in [-0.25, -0.2) is 9.18 Å². The fourth-order valence-electron chi connectivity index (χ4n) is 4.15. The van der Waals surface area contributed by atoms with E-state index in [1.807, 2.05) is 36.4 Å². The van der Waals surface area contributed by atoms with Crippen LogP contribution < -0.4 is 5.32 Å². The number of aliphatic carboxylic acids is 1. The number of aryl methyl sites for hydroxylation is 1. The molecule has 0 saturated carbocycles. The molecule has 7 nitrogen and oxygen atoms in total. The monoisotopic (exact) mass is 561 g/mol. The van der Waals surface area contributed by atoms with Crippen LogP contribution in [0.5, 0.6) is 5.75 Å². The molecule has 1 fully saturated rings. The highest BCUT2D eigenvalue weighted by Gasteiger charge is 2.38. The SMILES string of the molecule is Cc1ccc(NC(=O)c2ccc(CN3CCCN(Cc4cccc(O)c4)CC3)cc2)cc1F.O=C(O)C(F)(F)F. The first kappa shape index (κ1) is 30.6. The Hall–Kier alpha value is -3.96. The molecule has 3 N–H and O–H groups in total. The first-order valence-corrected chi connectivity index (χ1v) is 12.6. The molecule has 3 aromatic carbocycles. The van der Waals surface area contributed by atoms with Gasteiger partial charge in [-0.15, -0.1) is 0 Å². The lowest BCUT2D eigenvalue weighted by molar-refractivity contribution is -0.192. The van der Waals surface area contributed by atoms with Gasteiger partial charge in [0.15, 0.2) is 0 Å². The normalized spacial score (nSPS) is 14.5. The second-order valence-electron chi connectivity index (χ2n) is 9.49. The van der Waals surface area contributed by atoms with E-state index in [9.17, 15) is 27.5 Å². The molecular weight excluding hydrogens is 530 g/mol. The number of rotatable bonds is 6. The van der Waals surface area contributed by atoms with Crippen LogP contribution in [-0.4, -0.2) is 64.2 Å². The van der Waals surface area contributed by atoms with Crippen LogP contribution in [0.4, 0.5) is 23.2 Å². The number of nitrogens with one attached hydrogen (secondary N) is 1. The number of benzene rings is 3. The Morgan fingerprint density at radius 1 is 0.875 bits per heavy atom. The molecule has 11 heteroatoms. The van der Waals surface area contributed by atoms with E-state index in [2.05, 4.69) is 21.2 Å². The van der Waals surface area contributed by atoms with Crippen LogP contribution in [0.3, 0.4) is 0 Å². The smallest absolute Gasteiger partial charge is 0.490 e. The van der Waals surface area contributed by atoms with Crippen LogP contribution in [0.25, 0.3) is 0 Å². The summed E-state index contributed by atoms with van der Waals surface area (Å²) in [5.41, 5.74) is 3.84. The second-order valence-corrected chi connectivity index (χ2v) is 9.49. The zero-order valence-corrected chi connectivity index (χ0v) is 21.9. The fraction of sp³-hybridized carbons (Fsp3) is 0.310. The number of phenols is 1. The molecule has 0 bridgehead atoms. The molecule has 214 valence electrons. The van der Waals surface area contributed by atoms with E-state index in [1.54, 1.807) is 25.1 Å². The fourth-order valence-corrected chi connectivity index (χ4v) is 4.15. The molecule has 3 aromatic rings. The highest BCUT2D eigenvalue weighted by atomic mass is 19.4. The van der Waals surface area contributed by atoms with Crippen molar-refractivity contribution in [2.45, 2.75) is 32.6 Å². The molecule has 1 aliphatic heterocycles. The van der Waals surface area contributed by atoms with Gasteiger partial charge in [-0.05, 0) is 79.5 Å². The summed E-state index contributed by atoms with van der Waals surface area (Å²) in [6.45, 7) is 7.38. The maximum Gasteiger partial charge on any atom is 0.490 e. The van der Waals surface area contributed by atoms with Crippen LogP contribution in [0.1, 0.15) is 33.5 Å². The quantitative estimate of drug-likeness (QED) is 0.348. The van der Waals surface area contributed by atoms with Crippen LogP contribution in [-0.2, 0) is 17.9 Å². The summed E-state index contributed by atoms with van der Waals surface area (Å²) in [5.74, 6) is -3.03. The summed E-state index contributed by atoms with van der Waals surface area (Å²) in [6, 6.07) is 19.8. The van der Waals surface area contributed by atoms with Crippen molar-refractivity contribution in [3.8, 4) is 5.75 Å². The Bertz CT molecular complexity index is 1300. The van der Waals surface area contributed by atoms with Gasteiger partial charge in [0.05, 0.1) is 0 Å². The van der Waals surface area contributed by atoms with E-state index in [1.165, 1.54) is 6.07 Å². The van der Waals surface area contributed by atoms with E-state index in [0.29, 0.717) is 22.6 Å². The number of anilines is 1. The standard InChI is InChI=1S/C27H30FN3O2.C2HF3O2/c1-20-6-11-24(17-26(20)28)29-27(33)23-9-7-21(8-10-23)18-30-12-3-13-31(15-14-30)19-22-4-2-5-25(32)16-22;3-2(4,5)1(6)7/h2,4-11,16-17,32H,3,12-15,18-19H2,1H3,(H,29,33);(H,6,7). The van der Waals surface area contributed by atoms with E-state index in [-0.39, 0.29) is 11.7 Å². The van der Waals surface area contributed by atoms with Gasteiger partial charge in [0.2, 0.25) is 0 Å². The van der Waals surface area contributed by atoms with Crippen molar-refractivity contribution in [3.05, 3.63) is 94.8 Å². The summed E-state index contributed by atoms with van der Waals surface area (Å²) in [7, 11) is 0. The van der Waals surface area contributed by atoms with Crippen LogP contribution in [0.15, 0.2) is 66.7 Å². The third-order valence-corrected chi connectivity index (χ3v) is 6.29. The maximum atomic E-state index is 13.7. The molecule has 4 rings (SSSR count). The first-order valence-electron chi connectivity index (χ1n) is 12.6. The first-order chi connectivity index (χ1) is 18.9. The number of nitrogens with zero attached hydrogens (tertiary/aromatic N) is 2. The third kappa shape index (κ3) is 9.65. The number of hydrogen-bond donors (Lipinski definition) is 3. The summed E-state index contributed by atoms with van der Waals surface area (Å²) in [4.78, 5) is 26.3. The number of halogens is 4. The predicted molar refractivity (Wildman–Crippen MR) is 143 cm³/mol. The van der Waals surface area contributed by atoms with E-state index < -0.39 is 12.1 Å². The molecule has 0 unspecified atom stereocenters. The van der Waals surface area contributed by atoms with E-state index >= 15 is 0 Å². The summed E-state index contributed by atoms with van der Waals surface area (Å²) in [5, 5.41) is 19.6. The van der Waals surface area contributed by atoms with Crippen LogP contribution in [0.2, 0.25) is 0 Å². The number of hydrogen-bond acceptors (Lipinski definition) is 5. The van der Waals surface area contributed by atoms with Crippen molar-refractivity contribution >= 4 is 17.6 Å². The largest absolute Gasteiger partial charge is 0.508 e. The van der Waals surface area contributed by atoms with Crippen molar-refractivity contribution in [1.82, 2.24) is 9.80 Å². The Morgan fingerprint density at radius 2 is 1.48 bits per heavy atom. The molecule has 0 aromatic heterocycles. The van der Waals surface area contributed by atoms with Gasteiger partial charge in [-0.1, -0.05) is 30.3 Å². The molecule has 1 aliphatic rings. The number of carbonyl (C=O) groups is 2. The topological polar surface area (TPSA) is 93.1 Å². The van der Waals surface area contributed by atoms with Gasteiger partial charge in [0.1, 0.15) is 11.6 Å². The highest BCUT2D eigenvalue weighted by molar-refractivity contribution is 6.04. The van der Waals surface area contributed by atoms with Gasteiger partial charge >= 0.3 is 12.1 Å². The minimum Gasteiger partial charge on any atom is -0.508 e. The lowest BCUT2D eigenvalue weighted by Gasteiger charge is -2.22. The van der Waals surface area contributed by atoms with E-state index in [4.69, 9.17) is 9.90 Å². The Kier molecular flexibility index (Phi) is 10.6. The Balaban J connectivity index is 0.000000559. The zero-order chi connectivity index (χ0) is 29.3. The molecule has 0 atom stereocenters. The number of aromatic hydroxyl groups is 1. The number of carboxylic acids is 1. The molecule has 0 spiro atoms. The number of carbonyl (C=O) groups excluding carboxylic acids is 1. The Morgan fingerprint density at radius 3 is 2.02 bits per heavy atom. The van der Waals surface area contributed by atoms with Crippen molar-refractivity contribution in [3.63, 3.8) is 0 Å². The average Bonchev–Trinajstić information content (AvgIpc) is 3.11. The number of alkyl halides is 3. The van der Waals surface area contributed by atoms with Crippen molar-refractivity contribution < 1.29 is 37.4 Å². The molecule has 0 aliphatic carbocycles. The highest BCUT2D eigenvalue weighted by Crippen LogP contribution is 2.18. The van der Waals surface area contributed by atoms with Crippen molar-refractivity contribution in [2.24, 2.45) is 0 Å². The summed E-state index contributed by atoms with van der Waals surface area (Å²) in [6.07, 6.45) is -3.99. The molecule has 0 radical (unpaired) electrons. The molecule has 1 saturated heterocycles. The maximum absolute atomic E-state index is 13.7. The summed E-state index contributed by atoms with van der Waals surface area (Å²) >= 11 is 0. The van der Waals surface area contributed by atoms with Crippen molar-refractivity contribution in [1.29, 1.82) is 0 Å². The summed E-state index contributed by atoms with van der Waals surface area (Å²) < 4.78 is 45.5. The Labute approximate surface area is 229 Å². The molecular formula is C29H31F4N3O4. The van der Waals surface area contributed by atoms with Crippen molar-refractivity contribution in [2.75, 3.05) is 31.5 Å². The number of carboxylic acid groups (broad SMARTS) is 1. The molecule has 1 heterocycles. The van der Waals surface area contributed by atoms with Gasteiger partial charge < -0.3 is 15.5 Å². The molecule has 1 amide bonds. The number of phenolic OH excluding ortho intramolecular Hbond substituents is 1. The third-order valence-electron chi connectivity index (χ3n) is 6.29. The van der Waals surface area contributed by atoms with Gasteiger partial charge in [-0.2, -0.15) is 13.2 Å².